The van der Waals surface area contributed by atoms with Crippen LogP contribution in [0.3, 0.4) is 0 Å². The molecular formula is C75H45NO2. The van der Waals surface area contributed by atoms with Gasteiger partial charge in [-0.05, 0) is 115 Å². The number of fused-ring (bicyclic) bond motifs is 28. The van der Waals surface area contributed by atoms with Crippen molar-refractivity contribution in [1.82, 2.24) is 0 Å². The number of ether oxygens (including phenoxy) is 2. The van der Waals surface area contributed by atoms with Gasteiger partial charge in [0.15, 0.2) is 0 Å². The van der Waals surface area contributed by atoms with Crippen LogP contribution in [0.4, 0.5) is 17.1 Å². The molecule has 2 heterocycles. The van der Waals surface area contributed by atoms with Gasteiger partial charge in [-0.1, -0.05) is 231 Å². The lowest BCUT2D eigenvalue weighted by Gasteiger charge is -2.42. The highest BCUT2D eigenvalue weighted by molar-refractivity contribution is 6.06. The molecule has 0 fully saturated rings. The van der Waals surface area contributed by atoms with Gasteiger partial charge in [-0.2, -0.15) is 0 Å². The van der Waals surface area contributed by atoms with Gasteiger partial charge in [0.05, 0.1) is 33.3 Å². The molecule has 78 heavy (non-hydrogen) atoms. The molecule has 3 heteroatoms. The predicted molar refractivity (Wildman–Crippen MR) is 312 cm³/mol. The maximum Gasteiger partial charge on any atom is 0.132 e. The van der Waals surface area contributed by atoms with Crippen LogP contribution in [0.2, 0.25) is 0 Å². The number of benzene rings is 12. The van der Waals surface area contributed by atoms with Crippen LogP contribution in [0, 0.1) is 0 Å². The summed E-state index contributed by atoms with van der Waals surface area (Å²) in [6.45, 7) is 0. The Bertz CT molecular complexity index is 4480. The summed E-state index contributed by atoms with van der Waals surface area (Å²) in [5.74, 6) is 3.48. The van der Waals surface area contributed by atoms with E-state index in [9.17, 15) is 0 Å². The quantitative estimate of drug-likeness (QED) is 0.176. The molecule has 362 valence electrons. The number of para-hydroxylation sites is 4. The van der Waals surface area contributed by atoms with Gasteiger partial charge < -0.3 is 14.4 Å². The van der Waals surface area contributed by atoms with Crippen molar-refractivity contribution in [2.75, 3.05) is 4.90 Å². The fraction of sp³-hybridized carbons (Fsp3) is 0.0400. The molecule has 0 aromatic heterocycles. The largest absolute Gasteiger partial charge is 0.457 e. The zero-order valence-electron chi connectivity index (χ0n) is 42.2. The Morgan fingerprint density at radius 2 is 0.474 bits per heavy atom. The first kappa shape index (κ1) is 42.3. The van der Waals surface area contributed by atoms with Gasteiger partial charge in [-0.3, -0.25) is 0 Å². The monoisotopic (exact) mass is 991 g/mol. The molecule has 0 bridgehead atoms. The molecule has 2 aliphatic heterocycles. The summed E-state index contributed by atoms with van der Waals surface area (Å²) >= 11 is 0. The third kappa shape index (κ3) is 4.89. The first-order valence-electron chi connectivity index (χ1n) is 27.2. The van der Waals surface area contributed by atoms with Crippen molar-refractivity contribution in [3.05, 3.63) is 340 Å². The molecule has 0 unspecified atom stereocenters. The highest BCUT2D eigenvalue weighted by Gasteiger charge is 2.57. The van der Waals surface area contributed by atoms with E-state index in [1.165, 1.54) is 89.0 Å². The molecule has 12 aromatic carbocycles. The van der Waals surface area contributed by atoms with E-state index in [2.05, 4.69) is 278 Å². The van der Waals surface area contributed by atoms with E-state index < -0.39 is 16.2 Å². The summed E-state index contributed by atoms with van der Waals surface area (Å²) in [5.41, 5.74) is 25.9. The van der Waals surface area contributed by atoms with Crippen LogP contribution in [-0.4, -0.2) is 0 Å². The van der Waals surface area contributed by atoms with Crippen molar-refractivity contribution < 1.29 is 9.47 Å². The van der Waals surface area contributed by atoms with Crippen LogP contribution >= 0.6 is 0 Å². The Kier molecular flexibility index (Phi) is 8.20. The minimum atomic E-state index is -0.762. The van der Waals surface area contributed by atoms with Gasteiger partial charge in [0.1, 0.15) is 23.0 Å². The summed E-state index contributed by atoms with van der Waals surface area (Å²) in [5, 5.41) is 0. The van der Waals surface area contributed by atoms with E-state index in [-0.39, 0.29) is 0 Å². The minimum absolute atomic E-state index is 0.555. The van der Waals surface area contributed by atoms with Crippen molar-refractivity contribution in [3.8, 4) is 67.5 Å². The first-order chi connectivity index (χ1) is 38.7. The summed E-state index contributed by atoms with van der Waals surface area (Å²) in [4.78, 5) is 2.68. The number of hydrogen-bond acceptors (Lipinski definition) is 3. The molecule has 6 aliphatic rings. The van der Waals surface area contributed by atoms with E-state index in [0.717, 1.165) is 62.3 Å². The molecule has 0 saturated carbocycles. The lowest BCUT2D eigenvalue weighted by molar-refractivity contribution is 0.436. The molecule has 0 saturated heterocycles. The van der Waals surface area contributed by atoms with Gasteiger partial charge in [0, 0.05) is 38.9 Å². The predicted octanol–water partition coefficient (Wildman–Crippen LogP) is 18.4. The SMILES string of the molecule is c1ccc2c(c1)Oc1ccccc1C21c2ccccc2-c2c(N(c3cccc4c3-c3ccccc3C43c4ccccc4-c4ccccc43)c3cccc4c3C3(c5ccccc5Oc5ccccc53)c3ccccc3-4)cccc21. The lowest BCUT2D eigenvalue weighted by atomic mass is 9.65. The van der Waals surface area contributed by atoms with Crippen LogP contribution < -0.4 is 14.4 Å². The fourth-order valence-corrected chi connectivity index (χ4v) is 15.8. The molecule has 4 aliphatic carbocycles. The summed E-state index contributed by atoms with van der Waals surface area (Å²) in [7, 11) is 0. The first-order valence-corrected chi connectivity index (χ1v) is 27.2. The molecule has 3 nitrogen and oxygen atoms in total. The van der Waals surface area contributed by atoms with Crippen LogP contribution in [0.15, 0.2) is 273 Å². The maximum atomic E-state index is 6.97. The summed E-state index contributed by atoms with van der Waals surface area (Å²) in [6.07, 6.45) is 0. The van der Waals surface area contributed by atoms with E-state index in [1.807, 2.05) is 0 Å². The second kappa shape index (κ2) is 15.1. The molecule has 0 N–H and O–H groups in total. The highest BCUT2D eigenvalue weighted by atomic mass is 16.5. The van der Waals surface area contributed by atoms with Gasteiger partial charge in [-0.15, -0.1) is 0 Å². The Labute approximate surface area is 452 Å². The van der Waals surface area contributed by atoms with Gasteiger partial charge >= 0.3 is 0 Å². The summed E-state index contributed by atoms with van der Waals surface area (Å²) < 4.78 is 13.8. The van der Waals surface area contributed by atoms with Gasteiger partial charge in [-0.25, -0.2) is 0 Å². The van der Waals surface area contributed by atoms with Crippen molar-refractivity contribution in [2.45, 2.75) is 16.2 Å². The Morgan fingerprint density at radius 3 is 0.910 bits per heavy atom. The molecule has 0 amide bonds. The number of nitrogens with zero attached hydrogens (tertiary/aromatic N) is 1. The second-order valence-corrected chi connectivity index (χ2v) is 21.6. The summed E-state index contributed by atoms with van der Waals surface area (Å²) in [6, 6.07) is 102. The highest BCUT2D eigenvalue weighted by Crippen LogP contribution is 2.70. The third-order valence-corrected chi connectivity index (χ3v) is 18.4. The molecule has 3 spiro atoms. The minimum Gasteiger partial charge on any atom is -0.457 e. The van der Waals surface area contributed by atoms with E-state index in [4.69, 9.17) is 9.47 Å². The number of anilines is 3. The Balaban J connectivity index is 1.02. The number of hydrogen-bond donors (Lipinski definition) is 0. The van der Waals surface area contributed by atoms with Crippen molar-refractivity contribution >= 4 is 17.1 Å². The maximum absolute atomic E-state index is 6.97. The molecule has 12 aromatic rings. The van der Waals surface area contributed by atoms with Crippen LogP contribution in [-0.2, 0) is 16.2 Å². The standard InChI is InChI=1S/C75H45NO2/c1-6-28-52-46(22-1)47-23-2-7-29-53(47)73(52)55-31-9-4-25-50(55)70-61(73)37-20-39-63(70)76(64-40-21-38-62-71(64)51-26-5-10-32-56(51)74(62)57-33-11-15-42-66(57)77-67-43-16-12-34-58(67)74)65-41-19-27-49-48-24-3-8-30-54(48)75(72(49)65)59-35-13-17-44-68(59)78-69-45-18-14-36-60(69)75/h1-45H. The topological polar surface area (TPSA) is 21.7 Å². The van der Waals surface area contributed by atoms with Gasteiger partial charge in [0.2, 0.25) is 0 Å². The molecular weight excluding hydrogens is 947 g/mol. The van der Waals surface area contributed by atoms with E-state index in [0.29, 0.717) is 0 Å². The van der Waals surface area contributed by atoms with Crippen LogP contribution in [0.5, 0.6) is 23.0 Å². The molecule has 0 radical (unpaired) electrons. The second-order valence-electron chi connectivity index (χ2n) is 21.6. The Morgan fingerprint density at radius 1 is 0.205 bits per heavy atom. The average molecular weight is 992 g/mol. The number of rotatable bonds is 3. The molecule has 18 rings (SSSR count). The van der Waals surface area contributed by atoms with Crippen molar-refractivity contribution in [1.29, 1.82) is 0 Å². The zero-order valence-corrected chi connectivity index (χ0v) is 42.2. The average Bonchev–Trinajstić information content (AvgIpc) is 4.25. The van der Waals surface area contributed by atoms with Crippen LogP contribution in [0.25, 0.3) is 44.5 Å². The van der Waals surface area contributed by atoms with E-state index >= 15 is 0 Å². The smallest absolute Gasteiger partial charge is 0.132 e. The fourth-order valence-electron chi connectivity index (χ4n) is 15.8. The normalized spacial score (nSPS) is 15.2. The third-order valence-electron chi connectivity index (χ3n) is 18.4. The Hall–Kier alpha value is -9.96. The van der Waals surface area contributed by atoms with Crippen molar-refractivity contribution in [2.24, 2.45) is 0 Å². The zero-order chi connectivity index (χ0) is 50.9. The lowest BCUT2D eigenvalue weighted by Crippen LogP contribution is -2.33. The molecule has 0 atom stereocenters. The van der Waals surface area contributed by atoms with Crippen LogP contribution in [0.1, 0.15) is 66.8 Å². The van der Waals surface area contributed by atoms with Crippen molar-refractivity contribution in [3.63, 3.8) is 0 Å². The van der Waals surface area contributed by atoms with Gasteiger partial charge in [0.25, 0.3) is 0 Å². The van der Waals surface area contributed by atoms with E-state index in [1.54, 1.807) is 0 Å².